The van der Waals surface area contributed by atoms with Crippen LogP contribution < -0.4 is 0 Å². The number of allylic oxidation sites excluding steroid dienone is 1. The summed E-state index contributed by atoms with van der Waals surface area (Å²) in [6.45, 7) is 1.99. The number of halogens is 1. The number of rotatable bonds is 3. The molecule has 0 spiro atoms. The van der Waals surface area contributed by atoms with Gasteiger partial charge in [0.1, 0.15) is 0 Å². The van der Waals surface area contributed by atoms with Crippen LogP contribution in [-0.4, -0.2) is 4.92 Å². The largest absolute Gasteiger partial charge is 0.269 e. The lowest BCUT2D eigenvalue weighted by Gasteiger charge is -2.02. The number of nitrogens with zero attached hydrogens (tertiary/aromatic N) is 2. The predicted octanol–water partition coefficient (Wildman–Crippen LogP) is 4.73. The van der Waals surface area contributed by atoms with E-state index in [-0.39, 0.29) is 5.69 Å². The van der Waals surface area contributed by atoms with Crippen LogP contribution >= 0.6 is 15.9 Å². The first kappa shape index (κ1) is 14.9. The molecule has 2 aromatic carbocycles. The maximum Gasteiger partial charge on any atom is 0.269 e. The first-order chi connectivity index (χ1) is 10.0. The van der Waals surface area contributed by atoms with E-state index in [2.05, 4.69) is 22.0 Å². The van der Waals surface area contributed by atoms with Gasteiger partial charge in [-0.2, -0.15) is 5.26 Å². The number of hydrogen-bond acceptors (Lipinski definition) is 3. The van der Waals surface area contributed by atoms with E-state index in [1.807, 2.05) is 25.1 Å². The molecule has 0 aromatic heterocycles. The number of nitro benzene ring substituents is 1. The summed E-state index contributed by atoms with van der Waals surface area (Å²) in [5, 5.41) is 19.9. The number of nitriles is 1. The third-order valence-corrected chi connectivity index (χ3v) is 3.87. The predicted molar refractivity (Wildman–Crippen MR) is 85.5 cm³/mol. The summed E-state index contributed by atoms with van der Waals surface area (Å²) in [5.41, 5.74) is 3.12. The van der Waals surface area contributed by atoms with Gasteiger partial charge in [0.2, 0.25) is 0 Å². The van der Waals surface area contributed by atoms with Gasteiger partial charge in [-0.15, -0.1) is 0 Å². The maximum atomic E-state index is 10.6. The van der Waals surface area contributed by atoms with Gasteiger partial charge in [-0.3, -0.25) is 10.1 Å². The summed E-state index contributed by atoms with van der Waals surface area (Å²) in [7, 11) is 0. The number of nitro groups is 1. The van der Waals surface area contributed by atoms with Crippen LogP contribution in [0.2, 0.25) is 0 Å². The number of benzene rings is 2. The Morgan fingerprint density at radius 3 is 2.48 bits per heavy atom. The fourth-order valence-electron chi connectivity index (χ4n) is 1.81. The topological polar surface area (TPSA) is 66.9 Å². The Balaban J connectivity index is 2.39. The maximum absolute atomic E-state index is 10.6. The zero-order valence-electron chi connectivity index (χ0n) is 11.2. The number of non-ortho nitro benzene ring substituents is 1. The van der Waals surface area contributed by atoms with Crippen LogP contribution in [0.1, 0.15) is 16.7 Å². The van der Waals surface area contributed by atoms with Gasteiger partial charge in [-0.05, 0) is 47.9 Å². The van der Waals surface area contributed by atoms with Crippen molar-refractivity contribution in [3.63, 3.8) is 0 Å². The minimum atomic E-state index is -0.462. The summed E-state index contributed by atoms with van der Waals surface area (Å²) in [6, 6.07) is 13.9. The van der Waals surface area contributed by atoms with Gasteiger partial charge in [-0.25, -0.2) is 0 Å². The molecule has 21 heavy (non-hydrogen) atoms. The van der Waals surface area contributed by atoms with Crippen LogP contribution in [0.4, 0.5) is 5.69 Å². The lowest BCUT2D eigenvalue weighted by Crippen LogP contribution is -1.88. The van der Waals surface area contributed by atoms with Crippen LogP contribution in [0.3, 0.4) is 0 Å². The summed E-state index contributed by atoms with van der Waals surface area (Å²) in [5.74, 6) is 0. The summed E-state index contributed by atoms with van der Waals surface area (Å²) < 4.78 is 0.970. The average molecular weight is 343 g/mol. The van der Waals surface area contributed by atoms with Crippen molar-refractivity contribution in [2.45, 2.75) is 6.92 Å². The van der Waals surface area contributed by atoms with E-state index >= 15 is 0 Å². The van der Waals surface area contributed by atoms with Crippen LogP contribution in [-0.2, 0) is 0 Å². The molecule has 2 rings (SSSR count). The first-order valence-corrected chi connectivity index (χ1v) is 6.93. The molecule has 0 saturated carbocycles. The third kappa shape index (κ3) is 3.56. The lowest BCUT2D eigenvalue weighted by atomic mass is 10.0. The molecule has 0 aliphatic heterocycles. The van der Waals surface area contributed by atoms with Crippen molar-refractivity contribution in [2.75, 3.05) is 0 Å². The highest BCUT2D eigenvalue weighted by molar-refractivity contribution is 9.10. The van der Waals surface area contributed by atoms with E-state index in [9.17, 15) is 15.4 Å². The Morgan fingerprint density at radius 1 is 1.29 bits per heavy atom. The molecule has 0 radical (unpaired) electrons. The molecule has 0 aliphatic rings. The SMILES string of the molecule is Cc1ccc(C=C(C#N)c2ccc([N+](=O)[O-])cc2)cc1Br. The zero-order chi connectivity index (χ0) is 15.4. The quantitative estimate of drug-likeness (QED) is 0.350. The van der Waals surface area contributed by atoms with Crippen LogP contribution in [0.25, 0.3) is 11.6 Å². The van der Waals surface area contributed by atoms with Gasteiger partial charge in [0.25, 0.3) is 5.69 Å². The van der Waals surface area contributed by atoms with Crippen molar-refractivity contribution < 1.29 is 4.92 Å². The Morgan fingerprint density at radius 2 is 1.95 bits per heavy atom. The Hall–Kier alpha value is -2.45. The van der Waals surface area contributed by atoms with Gasteiger partial charge in [0, 0.05) is 16.6 Å². The average Bonchev–Trinajstić information content (AvgIpc) is 2.48. The molecule has 0 heterocycles. The van der Waals surface area contributed by atoms with Crippen LogP contribution in [0.15, 0.2) is 46.9 Å². The summed E-state index contributed by atoms with van der Waals surface area (Å²) in [6.07, 6.45) is 1.76. The minimum absolute atomic E-state index is 0.00844. The van der Waals surface area contributed by atoms with E-state index in [0.29, 0.717) is 11.1 Å². The molecule has 0 bridgehead atoms. The van der Waals surface area contributed by atoms with Crippen molar-refractivity contribution in [1.82, 2.24) is 0 Å². The zero-order valence-corrected chi connectivity index (χ0v) is 12.8. The molecule has 0 amide bonds. The van der Waals surface area contributed by atoms with E-state index in [1.54, 1.807) is 18.2 Å². The third-order valence-electron chi connectivity index (χ3n) is 3.02. The fraction of sp³-hybridized carbons (Fsp3) is 0.0625. The molecule has 5 heteroatoms. The molecular formula is C16H11BrN2O2. The standard InChI is InChI=1S/C16H11BrN2O2/c1-11-2-3-12(9-16(11)17)8-14(10-18)13-4-6-15(7-5-13)19(20)21/h2-9H,1H3. The van der Waals surface area contributed by atoms with Crippen molar-refractivity contribution in [3.8, 4) is 6.07 Å². The molecule has 2 aromatic rings. The lowest BCUT2D eigenvalue weighted by molar-refractivity contribution is -0.384. The van der Waals surface area contributed by atoms with Gasteiger partial charge < -0.3 is 0 Å². The van der Waals surface area contributed by atoms with Crippen molar-refractivity contribution in [3.05, 3.63) is 73.7 Å². The molecule has 104 valence electrons. The van der Waals surface area contributed by atoms with Crippen molar-refractivity contribution in [1.29, 1.82) is 5.26 Å². The highest BCUT2D eigenvalue weighted by Crippen LogP contribution is 2.23. The second-order valence-corrected chi connectivity index (χ2v) is 5.34. The van der Waals surface area contributed by atoms with E-state index in [0.717, 1.165) is 15.6 Å². The monoisotopic (exact) mass is 342 g/mol. The van der Waals surface area contributed by atoms with Crippen molar-refractivity contribution in [2.24, 2.45) is 0 Å². The van der Waals surface area contributed by atoms with Crippen LogP contribution in [0, 0.1) is 28.4 Å². The smallest absolute Gasteiger partial charge is 0.258 e. The van der Waals surface area contributed by atoms with E-state index in [1.165, 1.54) is 12.1 Å². The van der Waals surface area contributed by atoms with Gasteiger partial charge in [0.15, 0.2) is 0 Å². The molecule has 0 fully saturated rings. The molecule has 0 unspecified atom stereocenters. The minimum Gasteiger partial charge on any atom is -0.258 e. The van der Waals surface area contributed by atoms with Gasteiger partial charge in [-0.1, -0.05) is 28.1 Å². The molecular weight excluding hydrogens is 332 g/mol. The molecule has 0 saturated heterocycles. The van der Waals surface area contributed by atoms with Gasteiger partial charge in [0.05, 0.1) is 16.6 Å². The van der Waals surface area contributed by atoms with Gasteiger partial charge >= 0.3 is 0 Å². The first-order valence-electron chi connectivity index (χ1n) is 6.14. The molecule has 0 N–H and O–H groups in total. The summed E-state index contributed by atoms with van der Waals surface area (Å²) in [4.78, 5) is 10.2. The second-order valence-electron chi connectivity index (χ2n) is 4.48. The highest BCUT2D eigenvalue weighted by Gasteiger charge is 2.07. The van der Waals surface area contributed by atoms with Crippen LogP contribution in [0.5, 0.6) is 0 Å². The summed E-state index contributed by atoms with van der Waals surface area (Å²) >= 11 is 3.45. The van der Waals surface area contributed by atoms with E-state index in [4.69, 9.17) is 0 Å². The number of hydrogen-bond donors (Lipinski definition) is 0. The number of aryl methyl sites for hydroxylation is 1. The Bertz CT molecular complexity index is 759. The fourth-order valence-corrected chi connectivity index (χ4v) is 2.20. The Kier molecular flexibility index (Phi) is 4.51. The Labute approximate surface area is 130 Å². The second kappa shape index (κ2) is 6.33. The van der Waals surface area contributed by atoms with E-state index < -0.39 is 4.92 Å². The normalized spacial score (nSPS) is 11.0. The molecule has 4 nitrogen and oxygen atoms in total. The highest BCUT2D eigenvalue weighted by atomic mass is 79.9. The van der Waals surface area contributed by atoms with Crippen molar-refractivity contribution >= 4 is 33.3 Å². The molecule has 0 atom stereocenters. The molecule has 0 aliphatic carbocycles.